The van der Waals surface area contributed by atoms with Crippen LogP contribution in [0.5, 0.6) is 0 Å². The lowest BCUT2D eigenvalue weighted by atomic mass is 10.1. The highest BCUT2D eigenvalue weighted by molar-refractivity contribution is 6.19. The Kier molecular flexibility index (Phi) is 2.91. The molecule has 0 saturated carbocycles. The molecule has 6 heteroatoms. The first-order chi connectivity index (χ1) is 41.6. The number of fused-ring (bicyclic) bond motifs is 9. The third-order valence-corrected chi connectivity index (χ3v) is 9.04. The van der Waals surface area contributed by atoms with E-state index >= 15 is 0 Å². The summed E-state index contributed by atoms with van der Waals surface area (Å²) in [4.78, 5) is 13.2. The van der Waals surface area contributed by atoms with Crippen LogP contribution in [0.1, 0.15) is 43.9 Å². The van der Waals surface area contributed by atoms with E-state index in [0.717, 1.165) is 4.57 Å². The molecule has 0 spiro atoms. The fraction of sp³-hybridized carbons (Fsp3) is 0. The number of para-hydroxylation sites is 4. The maximum Gasteiger partial charge on any atom is 0.238 e. The second-order valence-electron chi connectivity index (χ2n) is 12.1. The third kappa shape index (κ3) is 4.81. The number of aromatic nitrogens is 6. The van der Waals surface area contributed by atoms with Gasteiger partial charge in [-0.05, 0) is 54.4 Å². The molecular formula is C51H32N6. The smallest absolute Gasteiger partial charge is 0.238 e. The first-order valence-corrected chi connectivity index (χ1v) is 16.6. The summed E-state index contributed by atoms with van der Waals surface area (Å²) in [6, 6.07) is -30.5. The molecule has 0 bridgehead atoms. The van der Waals surface area contributed by atoms with Crippen molar-refractivity contribution in [3.8, 4) is 40.1 Å². The molecule has 0 fully saturated rings. The largest absolute Gasteiger partial charge is 0.309 e. The van der Waals surface area contributed by atoms with Crippen molar-refractivity contribution in [1.29, 1.82) is 0 Å². The molecule has 57 heavy (non-hydrogen) atoms. The summed E-state index contributed by atoms with van der Waals surface area (Å²) in [6.07, 6.45) is 0. The van der Waals surface area contributed by atoms with Crippen molar-refractivity contribution < 1.29 is 43.9 Å². The number of benzene rings is 8. The fourth-order valence-electron chi connectivity index (χ4n) is 6.74. The molecule has 4 heterocycles. The van der Waals surface area contributed by atoms with Gasteiger partial charge in [0.05, 0.1) is 77.0 Å². The van der Waals surface area contributed by atoms with E-state index in [2.05, 4.69) is 15.0 Å². The highest BCUT2D eigenvalue weighted by Gasteiger charge is 2.22. The Morgan fingerprint density at radius 3 is 1.26 bits per heavy atom. The molecule has 0 atom stereocenters. The van der Waals surface area contributed by atoms with Gasteiger partial charge in [-0.25, -0.2) is 4.98 Å². The molecule has 8 aromatic carbocycles. The van der Waals surface area contributed by atoms with E-state index in [1.807, 2.05) is 0 Å². The topological polar surface area (TPSA) is 53.5 Å². The third-order valence-electron chi connectivity index (χ3n) is 9.04. The van der Waals surface area contributed by atoms with Gasteiger partial charge in [0.25, 0.3) is 0 Å². The van der Waals surface area contributed by atoms with E-state index in [4.69, 9.17) is 31.5 Å². The second-order valence-corrected chi connectivity index (χ2v) is 12.1. The Morgan fingerprint density at radius 2 is 0.702 bits per heavy atom. The van der Waals surface area contributed by atoms with Gasteiger partial charge in [-0.2, -0.15) is 9.97 Å². The summed E-state index contributed by atoms with van der Waals surface area (Å²) < 4.78 is 291. The Morgan fingerprint density at radius 1 is 0.298 bits per heavy atom. The highest BCUT2D eigenvalue weighted by atomic mass is 15.2. The van der Waals surface area contributed by atoms with Crippen LogP contribution in [-0.4, -0.2) is 28.7 Å². The van der Waals surface area contributed by atoms with E-state index < -0.39 is 299 Å². The minimum Gasteiger partial charge on any atom is -0.309 e. The molecule has 4 aromatic heterocycles. The number of nitrogens with zero attached hydrogens (tertiary/aromatic N) is 6. The van der Waals surface area contributed by atoms with Crippen molar-refractivity contribution in [2.75, 3.05) is 0 Å². The normalized spacial score (nSPS) is 19.7. The van der Waals surface area contributed by atoms with E-state index in [1.54, 1.807) is 0 Å². The van der Waals surface area contributed by atoms with Gasteiger partial charge in [0.2, 0.25) is 5.95 Å². The zero-order valence-electron chi connectivity index (χ0n) is 60.2. The van der Waals surface area contributed by atoms with Crippen molar-refractivity contribution in [3.63, 3.8) is 0 Å². The maximum absolute atomic E-state index is 10.4. The van der Waals surface area contributed by atoms with Crippen LogP contribution in [0.3, 0.4) is 0 Å². The maximum atomic E-state index is 10.4. The summed E-state index contributed by atoms with van der Waals surface area (Å²) in [5, 5.41) is -3.88. The average molecular weight is 761 g/mol. The van der Waals surface area contributed by atoms with Crippen molar-refractivity contribution in [3.05, 3.63) is 193 Å². The van der Waals surface area contributed by atoms with E-state index in [9.17, 15) is 12.3 Å². The zero-order valence-corrected chi connectivity index (χ0v) is 28.2. The average Bonchev–Trinajstić information content (AvgIpc) is 1.52. The summed E-state index contributed by atoms with van der Waals surface area (Å²) in [7, 11) is 0. The van der Waals surface area contributed by atoms with Crippen LogP contribution in [-0.2, 0) is 0 Å². The van der Waals surface area contributed by atoms with Gasteiger partial charge in [-0.1, -0.05) is 139 Å². The SMILES string of the molecule is [2H]c1c([2H])c([2H])c(-c2nc(-c3c([2H])c([2H])c([2H])c([2H])c3[2H])nc(-n3c4c([2H])c([2H])c([2H])c([2H])c4c4c([2H])c5c(c([2H])c43)c3c([2H])c([2H])c([2H])c([2H])c3n5-c3c([2H])c([2H])c4c5c([2H])c([2H])c([2H])c([2H])c5n(-c5c([2H])c([2H])c([2H])c([2H])c5[2H])c4c3[2H])n2)c([2H])c1[2H]. The summed E-state index contributed by atoms with van der Waals surface area (Å²) >= 11 is 0. The lowest BCUT2D eigenvalue weighted by Crippen LogP contribution is -2.06. The molecule has 0 aliphatic rings. The number of hydrogen-bond donors (Lipinski definition) is 0. The Hall–Kier alpha value is -7.83. The molecule has 266 valence electrons. The quantitative estimate of drug-likeness (QED) is 0.176. The molecule has 0 unspecified atom stereocenters. The molecule has 0 amide bonds. The molecule has 0 radical (unpaired) electrons. The summed E-state index contributed by atoms with van der Waals surface area (Å²) in [5.41, 5.74) is -7.59. The predicted octanol–water partition coefficient (Wildman–Crippen LogP) is 12.5. The molecule has 12 rings (SSSR count). The summed E-state index contributed by atoms with van der Waals surface area (Å²) in [6.45, 7) is 0. The first kappa shape index (κ1) is 13.4. The van der Waals surface area contributed by atoms with Crippen molar-refractivity contribution in [2.24, 2.45) is 0 Å². The Labute approximate surface area is 372 Å². The Bertz CT molecular complexity index is 5240. The van der Waals surface area contributed by atoms with Crippen LogP contribution in [0.2, 0.25) is 0 Å². The molecule has 0 aliphatic carbocycles. The van der Waals surface area contributed by atoms with Crippen LogP contribution in [0.4, 0.5) is 0 Å². The molecule has 0 N–H and O–H groups in total. The minimum absolute atomic E-state index is 0.568. The molecular weight excluding hydrogens is 697 g/mol. The van der Waals surface area contributed by atoms with Gasteiger partial charge in [-0.3, -0.25) is 4.57 Å². The number of hydrogen-bond acceptors (Lipinski definition) is 3. The van der Waals surface area contributed by atoms with Crippen LogP contribution >= 0.6 is 0 Å². The predicted molar refractivity (Wildman–Crippen MR) is 234 cm³/mol. The zero-order chi connectivity index (χ0) is 65.3. The van der Waals surface area contributed by atoms with Crippen LogP contribution in [0, 0.1) is 0 Å². The van der Waals surface area contributed by atoms with Crippen LogP contribution in [0.15, 0.2) is 193 Å². The highest BCUT2D eigenvalue weighted by Crippen LogP contribution is 2.41. The number of rotatable bonds is 5. The standard InChI is InChI=1S/C51H32N6/c1-4-16-33(17-5-1)49-52-50(34-18-6-2-7-19-34)54-51(53-49)57-45-27-15-12-24-39(45)42-31-47-41(32-48(42)57)38-23-11-14-26-44(38)56(47)36-28-29-40-37-22-10-13-25-43(37)55(46(40)30-36)35-20-8-3-9-21-35/h1-32H/i1D,2D,3D,4D,5D,6D,7D,8D,9D,10D,11D,12D,13D,14D,15D,16D,17D,18D,19D,20D,21D,22D,23D,24D,25D,26D,27D,28D,29D,30D,31D,32D. The van der Waals surface area contributed by atoms with Gasteiger partial charge in [0, 0.05) is 54.8 Å². The molecule has 0 saturated heterocycles. The Balaban J connectivity index is 1.36. The van der Waals surface area contributed by atoms with E-state index in [0.29, 0.717) is 9.13 Å². The lowest BCUT2D eigenvalue weighted by Gasteiger charge is -2.12. The first-order valence-electron chi connectivity index (χ1n) is 32.6. The monoisotopic (exact) mass is 760 g/mol. The van der Waals surface area contributed by atoms with Gasteiger partial charge in [0.15, 0.2) is 11.6 Å². The molecule has 12 aromatic rings. The fourth-order valence-corrected chi connectivity index (χ4v) is 6.74. The summed E-state index contributed by atoms with van der Waals surface area (Å²) in [5.74, 6) is -2.70. The van der Waals surface area contributed by atoms with E-state index in [1.165, 1.54) is 0 Å². The van der Waals surface area contributed by atoms with Gasteiger partial charge >= 0.3 is 0 Å². The molecule has 0 aliphatic heterocycles. The van der Waals surface area contributed by atoms with Gasteiger partial charge in [0.1, 0.15) is 0 Å². The molecule has 6 nitrogen and oxygen atoms in total. The van der Waals surface area contributed by atoms with Gasteiger partial charge < -0.3 is 9.13 Å². The van der Waals surface area contributed by atoms with Crippen molar-refractivity contribution in [1.82, 2.24) is 28.7 Å². The van der Waals surface area contributed by atoms with Crippen LogP contribution < -0.4 is 0 Å². The van der Waals surface area contributed by atoms with Crippen molar-refractivity contribution in [2.45, 2.75) is 0 Å². The lowest BCUT2D eigenvalue weighted by molar-refractivity contribution is 0.954. The van der Waals surface area contributed by atoms with E-state index in [-0.39, 0.29) is 0 Å². The van der Waals surface area contributed by atoms with Crippen LogP contribution in [0.25, 0.3) is 106 Å². The van der Waals surface area contributed by atoms with Gasteiger partial charge in [-0.15, -0.1) is 0 Å². The minimum atomic E-state index is -1.07. The second kappa shape index (κ2) is 12.3. The van der Waals surface area contributed by atoms with Crippen molar-refractivity contribution >= 4 is 65.4 Å².